The van der Waals surface area contributed by atoms with E-state index in [1.807, 2.05) is 4.90 Å². The Hall–Kier alpha value is -2.84. The van der Waals surface area contributed by atoms with E-state index in [2.05, 4.69) is 25.5 Å². The fourth-order valence-corrected chi connectivity index (χ4v) is 4.45. The molecule has 9 nitrogen and oxygen atoms in total. The molecule has 1 unspecified atom stereocenters. The minimum absolute atomic E-state index is 0.00335. The third kappa shape index (κ3) is 5.09. The SMILES string of the molecule is FC(F)(F)c1cnc(N[C@@H]2CCCN(c3nnc4n3CCC(C(F)(F)F)C4)C2)nc1OC1COC1. The first kappa shape index (κ1) is 23.9. The Kier molecular flexibility index (Phi) is 6.13. The van der Waals surface area contributed by atoms with Crippen molar-refractivity contribution in [2.45, 2.75) is 56.7 Å². The van der Waals surface area contributed by atoms with Gasteiger partial charge in [-0.1, -0.05) is 0 Å². The van der Waals surface area contributed by atoms with Gasteiger partial charge in [-0.2, -0.15) is 31.3 Å². The Labute approximate surface area is 195 Å². The highest BCUT2D eigenvalue weighted by Crippen LogP contribution is 2.37. The van der Waals surface area contributed by atoms with Crippen molar-refractivity contribution in [2.24, 2.45) is 5.92 Å². The molecule has 2 fully saturated rings. The zero-order valence-electron chi connectivity index (χ0n) is 18.4. The van der Waals surface area contributed by atoms with E-state index in [4.69, 9.17) is 9.47 Å². The first-order chi connectivity index (χ1) is 16.6. The van der Waals surface area contributed by atoms with Gasteiger partial charge in [0.05, 0.1) is 19.1 Å². The molecular formula is C20H23F6N7O2. The van der Waals surface area contributed by atoms with Gasteiger partial charge in [-0.3, -0.25) is 4.57 Å². The molecule has 0 aromatic carbocycles. The molecule has 0 saturated carbocycles. The first-order valence-corrected chi connectivity index (χ1v) is 11.3. The van der Waals surface area contributed by atoms with Gasteiger partial charge in [0.15, 0.2) is 0 Å². The maximum Gasteiger partial charge on any atom is 0.423 e. The van der Waals surface area contributed by atoms with Gasteiger partial charge in [0.2, 0.25) is 17.8 Å². The summed E-state index contributed by atoms with van der Waals surface area (Å²) in [5.74, 6) is -1.19. The number of alkyl halides is 6. The monoisotopic (exact) mass is 507 g/mol. The second-order valence-electron chi connectivity index (χ2n) is 8.92. The van der Waals surface area contributed by atoms with E-state index < -0.39 is 35.8 Å². The molecule has 2 atom stereocenters. The standard InChI is InChI=1S/C20H23F6N7O2/c21-19(22,23)11-3-5-33-15(6-11)30-31-18(33)32-4-1-2-12(8-32)28-17-27-7-14(20(24,25)26)16(29-17)35-13-9-34-10-13/h7,11-13H,1-6,8-10H2,(H,27,28,29)/t11?,12-/m1/s1. The number of nitrogens with zero attached hydrogens (tertiary/aromatic N) is 6. The van der Waals surface area contributed by atoms with Crippen LogP contribution < -0.4 is 15.0 Å². The van der Waals surface area contributed by atoms with E-state index in [-0.39, 0.29) is 44.6 Å². The van der Waals surface area contributed by atoms with Crippen LogP contribution in [-0.4, -0.2) is 69.4 Å². The molecule has 2 aromatic rings. The molecule has 0 spiro atoms. The molecular weight excluding hydrogens is 484 g/mol. The maximum absolute atomic E-state index is 13.4. The summed E-state index contributed by atoms with van der Waals surface area (Å²) in [6.45, 7) is 1.59. The Balaban J connectivity index is 1.28. The van der Waals surface area contributed by atoms with E-state index in [1.165, 1.54) is 0 Å². The summed E-state index contributed by atoms with van der Waals surface area (Å²) in [7, 11) is 0. The summed E-state index contributed by atoms with van der Waals surface area (Å²) >= 11 is 0. The van der Waals surface area contributed by atoms with Crippen LogP contribution in [-0.2, 0) is 23.9 Å². The quantitative estimate of drug-likeness (QED) is 0.618. The van der Waals surface area contributed by atoms with Crippen LogP contribution in [0.5, 0.6) is 5.88 Å². The highest BCUT2D eigenvalue weighted by Gasteiger charge is 2.43. The Morgan fingerprint density at radius 3 is 2.54 bits per heavy atom. The highest BCUT2D eigenvalue weighted by atomic mass is 19.4. The van der Waals surface area contributed by atoms with Crippen LogP contribution in [0.4, 0.5) is 38.2 Å². The van der Waals surface area contributed by atoms with Gasteiger partial charge in [0, 0.05) is 38.3 Å². The van der Waals surface area contributed by atoms with Gasteiger partial charge < -0.3 is 19.7 Å². The maximum atomic E-state index is 13.4. The molecule has 192 valence electrons. The van der Waals surface area contributed by atoms with Gasteiger partial charge in [0.25, 0.3) is 0 Å². The smallest absolute Gasteiger partial charge is 0.423 e. The van der Waals surface area contributed by atoms with E-state index in [0.29, 0.717) is 37.5 Å². The molecule has 3 aliphatic rings. The lowest BCUT2D eigenvalue weighted by Crippen LogP contribution is -2.44. The molecule has 0 radical (unpaired) electrons. The summed E-state index contributed by atoms with van der Waals surface area (Å²) in [4.78, 5) is 9.71. The second kappa shape index (κ2) is 8.99. The van der Waals surface area contributed by atoms with Crippen LogP contribution in [0.2, 0.25) is 0 Å². The van der Waals surface area contributed by atoms with E-state index in [0.717, 1.165) is 6.42 Å². The van der Waals surface area contributed by atoms with E-state index in [1.54, 1.807) is 4.57 Å². The molecule has 3 aliphatic heterocycles. The average Bonchev–Trinajstić information content (AvgIpc) is 3.19. The van der Waals surface area contributed by atoms with Crippen LogP contribution in [0.25, 0.3) is 0 Å². The van der Waals surface area contributed by atoms with Crippen molar-refractivity contribution in [1.82, 2.24) is 24.7 Å². The van der Waals surface area contributed by atoms with Gasteiger partial charge >= 0.3 is 12.4 Å². The summed E-state index contributed by atoms with van der Waals surface area (Å²) in [6.07, 6.45) is -7.56. The normalized spacial score (nSPS) is 23.5. The third-order valence-electron chi connectivity index (χ3n) is 6.38. The largest absolute Gasteiger partial charge is 0.469 e. The number of ether oxygens (including phenoxy) is 2. The fraction of sp³-hybridized carbons (Fsp3) is 0.700. The van der Waals surface area contributed by atoms with Crippen molar-refractivity contribution in [3.8, 4) is 5.88 Å². The minimum Gasteiger partial charge on any atom is -0.469 e. The molecule has 0 bridgehead atoms. The molecule has 15 heteroatoms. The predicted molar refractivity (Wildman–Crippen MR) is 109 cm³/mol. The summed E-state index contributed by atoms with van der Waals surface area (Å²) < 4.78 is 91.4. The molecule has 5 heterocycles. The summed E-state index contributed by atoms with van der Waals surface area (Å²) in [5, 5.41) is 11.2. The molecule has 2 aromatic heterocycles. The predicted octanol–water partition coefficient (Wildman–Crippen LogP) is 3.07. The van der Waals surface area contributed by atoms with Gasteiger partial charge in [-0.05, 0) is 19.3 Å². The first-order valence-electron chi connectivity index (χ1n) is 11.3. The highest BCUT2D eigenvalue weighted by molar-refractivity contribution is 5.39. The number of hydrogen-bond acceptors (Lipinski definition) is 8. The van der Waals surface area contributed by atoms with Crippen LogP contribution in [0.3, 0.4) is 0 Å². The Bertz CT molecular complexity index is 1060. The van der Waals surface area contributed by atoms with Gasteiger partial charge in [-0.25, -0.2) is 4.98 Å². The van der Waals surface area contributed by atoms with Crippen molar-refractivity contribution < 1.29 is 35.8 Å². The van der Waals surface area contributed by atoms with Gasteiger partial charge in [-0.15, -0.1) is 10.2 Å². The van der Waals surface area contributed by atoms with E-state index in [9.17, 15) is 26.3 Å². The lowest BCUT2D eigenvalue weighted by atomic mass is 9.97. The van der Waals surface area contributed by atoms with Crippen LogP contribution in [0.15, 0.2) is 6.20 Å². The van der Waals surface area contributed by atoms with Crippen LogP contribution in [0, 0.1) is 5.92 Å². The number of hydrogen-bond donors (Lipinski definition) is 1. The number of nitrogens with one attached hydrogen (secondary N) is 1. The third-order valence-corrected chi connectivity index (χ3v) is 6.38. The average molecular weight is 507 g/mol. The molecule has 35 heavy (non-hydrogen) atoms. The van der Waals surface area contributed by atoms with Crippen molar-refractivity contribution in [3.05, 3.63) is 17.6 Å². The van der Waals surface area contributed by atoms with Crippen molar-refractivity contribution in [3.63, 3.8) is 0 Å². The van der Waals surface area contributed by atoms with Crippen molar-refractivity contribution >= 4 is 11.9 Å². The lowest BCUT2D eigenvalue weighted by molar-refractivity contribution is -0.179. The van der Waals surface area contributed by atoms with Crippen LogP contribution >= 0.6 is 0 Å². The fourth-order valence-electron chi connectivity index (χ4n) is 4.45. The summed E-state index contributed by atoms with van der Waals surface area (Å²) in [6, 6.07) is -0.222. The zero-order valence-corrected chi connectivity index (χ0v) is 18.4. The number of halogens is 6. The second-order valence-corrected chi connectivity index (χ2v) is 8.92. The van der Waals surface area contributed by atoms with Crippen molar-refractivity contribution in [2.75, 3.05) is 36.5 Å². The topological polar surface area (TPSA) is 90.2 Å². The van der Waals surface area contributed by atoms with Gasteiger partial charge in [0.1, 0.15) is 17.5 Å². The number of fused-ring (bicyclic) bond motifs is 1. The Morgan fingerprint density at radius 1 is 1.06 bits per heavy atom. The molecule has 0 amide bonds. The molecule has 2 saturated heterocycles. The zero-order chi connectivity index (χ0) is 24.8. The lowest BCUT2D eigenvalue weighted by Gasteiger charge is -2.35. The molecule has 1 N–H and O–H groups in total. The number of rotatable bonds is 5. The number of aromatic nitrogens is 5. The Morgan fingerprint density at radius 2 is 1.86 bits per heavy atom. The number of piperidine rings is 1. The molecule has 5 rings (SSSR count). The number of anilines is 2. The molecule has 0 aliphatic carbocycles. The summed E-state index contributed by atoms with van der Waals surface area (Å²) in [5.41, 5.74) is -1.06. The van der Waals surface area contributed by atoms with Crippen molar-refractivity contribution in [1.29, 1.82) is 0 Å². The van der Waals surface area contributed by atoms with E-state index >= 15 is 0 Å². The van der Waals surface area contributed by atoms with Crippen LogP contribution in [0.1, 0.15) is 30.7 Å². The minimum atomic E-state index is -4.67.